The normalized spacial score (nSPS) is 12.6. The van der Waals surface area contributed by atoms with Gasteiger partial charge in [-0.2, -0.15) is 0 Å². The second-order valence-electron chi connectivity index (χ2n) is 5.08. The average molecular weight is 313 g/mol. The van der Waals surface area contributed by atoms with E-state index in [1.807, 2.05) is 0 Å². The third-order valence-electron chi connectivity index (χ3n) is 3.41. The first kappa shape index (κ1) is 15.7. The number of hydrogen-bond acceptors (Lipinski definition) is 1. The zero-order chi connectivity index (χ0) is 13.2. The number of benzene rings is 1. The van der Waals surface area contributed by atoms with Crippen LogP contribution < -0.4 is 0 Å². The maximum atomic E-state index is 9.44. The second kappa shape index (κ2) is 9.57. The molecule has 1 aromatic carbocycles. The summed E-state index contributed by atoms with van der Waals surface area (Å²) in [7, 11) is 0. The molecule has 0 radical (unpaired) electrons. The zero-order valence-electron chi connectivity index (χ0n) is 11.4. The Bertz CT molecular complexity index is 307. The van der Waals surface area contributed by atoms with Crippen LogP contribution in [0.1, 0.15) is 51.0 Å². The molecule has 1 aromatic rings. The van der Waals surface area contributed by atoms with E-state index in [0.29, 0.717) is 12.5 Å². The van der Waals surface area contributed by atoms with Gasteiger partial charge in [-0.1, -0.05) is 67.1 Å². The molecule has 1 nitrogen and oxygen atoms in total. The van der Waals surface area contributed by atoms with E-state index in [-0.39, 0.29) is 0 Å². The van der Waals surface area contributed by atoms with Crippen LogP contribution in [-0.4, -0.2) is 11.7 Å². The number of unbranched alkanes of at least 4 members (excludes halogenated alkanes) is 4. The molecular formula is C16H25BrO. The van der Waals surface area contributed by atoms with Gasteiger partial charge in [-0.25, -0.2) is 0 Å². The van der Waals surface area contributed by atoms with Crippen molar-refractivity contribution in [2.24, 2.45) is 5.92 Å². The molecule has 0 saturated carbocycles. The molecule has 0 amide bonds. The van der Waals surface area contributed by atoms with Crippen molar-refractivity contribution in [3.63, 3.8) is 0 Å². The summed E-state index contributed by atoms with van der Waals surface area (Å²) in [4.78, 5) is 0. The van der Waals surface area contributed by atoms with Crippen molar-refractivity contribution in [3.8, 4) is 0 Å². The molecule has 0 aliphatic rings. The Morgan fingerprint density at radius 1 is 1.06 bits per heavy atom. The van der Waals surface area contributed by atoms with Crippen molar-refractivity contribution in [1.82, 2.24) is 0 Å². The van der Waals surface area contributed by atoms with Crippen LogP contribution in [0.15, 0.2) is 28.7 Å². The highest BCUT2D eigenvalue weighted by Crippen LogP contribution is 2.18. The number of aliphatic hydroxyl groups excluding tert-OH is 1. The topological polar surface area (TPSA) is 20.2 Å². The van der Waals surface area contributed by atoms with Gasteiger partial charge in [0.05, 0.1) is 0 Å². The van der Waals surface area contributed by atoms with Crippen LogP contribution in [0.4, 0.5) is 0 Å². The van der Waals surface area contributed by atoms with Crippen LogP contribution in [0.25, 0.3) is 0 Å². The standard InChI is InChI=1S/C16H25BrO/c1-2-3-4-5-6-7-15(13-18)12-14-8-10-16(17)11-9-14/h8-11,15,18H,2-7,12-13H2,1H3. The summed E-state index contributed by atoms with van der Waals surface area (Å²) in [6.07, 6.45) is 8.69. The Morgan fingerprint density at radius 3 is 2.33 bits per heavy atom. The van der Waals surface area contributed by atoms with Gasteiger partial charge >= 0.3 is 0 Å². The fourth-order valence-corrected chi connectivity index (χ4v) is 2.51. The number of hydrogen-bond donors (Lipinski definition) is 1. The van der Waals surface area contributed by atoms with Gasteiger partial charge < -0.3 is 5.11 Å². The van der Waals surface area contributed by atoms with E-state index in [1.165, 1.54) is 37.7 Å². The van der Waals surface area contributed by atoms with Gasteiger partial charge in [0.2, 0.25) is 0 Å². The molecule has 1 rings (SSSR count). The summed E-state index contributed by atoms with van der Waals surface area (Å²) in [6.45, 7) is 2.55. The van der Waals surface area contributed by atoms with Crippen LogP contribution in [0.3, 0.4) is 0 Å². The predicted octanol–water partition coefficient (Wildman–Crippen LogP) is 4.96. The van der Waals surface area contributed by atoms with Gasteiger partial charge in [0, 0.05) is 11.1 Å². The molecule has 1 unspecified atom stereocenters. The molecule has 0 bridgehead atoms. The second-order valence-corrected chi connectivity index (χ2v) is 6.00. The fraction of sp³-hybridized carbons (Fsp3) is 0.625. The van der Waals surface area contributed by atoms with Crippen molar-refractivity contribution in [3.05, 3.63) is 34.3 Å². The smallest absolute Gasteiger partial charge is 0.0462 e. The minimum absolute atomic E-state index is 0.309. The summed E-state index contributed by atoms with van der Waals surface area (Å²) in [5.74, 6) is 0.424. The Kier molecular flexibility index (Phi) is 8.36. The molecule has 0 spiro atoms. The third kappa shape index (κ3) is 6.55. The number of aliphatic hydroxyl groups is 1. The SMILES string of the molecule is CCCCCCCC(CO)Cc1ccc(Br)cc1. The first-order valence-corrected chi connectivity index (χ1v) is 7.90. The van der Waals surface area contributed by atoms with E-state index in [0.717, 1.165) is 17.3 Å². The molecule has 102 valence electrons. The van der Waals surface area contributed by atoms with Crippen LogP contribution in [-0.2, 0) is 6.42 Å². The van der Waals surface area contributed by atoms with Gasteiger partial charge in [0.15, 0.2) is 0 Å². The van der Waals surface area contributed by atoms with E-state index in [9.17, 15) is 5.11 Å². The van der Waals surface area contributed by atoms with Gasteiger partial charge in [-0.3, -0.25) is 0 Å². The van der Waals surface area contributed by atoms with Crippen LogP contribution >= 0.6 is 15.9 Å². The molecule has 18 heavy (non-hydrogen) atoms. The van der Waals surface area contributed by atoms with Crippen molar-refractivity contribution in [2.75, 3.05) is 6.61 Å². The minimum Gasteiger partial charge on any atom is -0.396 e. The van der Waals surface area contributed by atoms with E-state index < -0.39 is 0 Å². The highest BCUT2D eigenvalue weighted by molar-refractivity contribution is 9.10. The average Bonchev–Trinajstić information content (AvgIpc) is 2.39. The summed E-state index contributed by atoms with van der Waals surface area (Å²) < 4.78 is 1.12. The summed E-state index contributed by atoms with van der Waals surface area (Å²) in [5, 5.41) is 9.44. The maximum Gasteiger partial charge on any atom is 0.0462 e. The quantitative estimate of drug-likeness (QED) is 0.639. The maximum absolute atomic E-state index is 9.44. The molecule has 0 saturated heterocycles. The van der Waals surface area contributed by atoms with Gasteiger partial charge in [-0.05, 0) is 36.5 Å². The summed E-state index contributed by atoms with van der Waals surface area (Å²) in [6, 6.07) is 8.43. The van der Waals surface area contributed by atoms with Crippen molar-refractivity contribution >= 4 is 15.9 Å². The van der Waals surface area contributed by atoms with Crippen LogP contribution in [0.5, 0.6) is 0 Å². The van der Waals surface area contributed by atoms with E-state index >= 15 is 0 Å². The molecular weight excluding hydrogens is 288 g/mol. The third-order valence-corrected chi connectivity index (χ3v) is 3.94. The minimum atomic E-state index is 0.309. The van der Waals surface area contributed by atoms with Crippen LogP contribution in [0, 0.1) is 5.92 Å². The first-order chi connectivity index (χ1) is 8.76. The highest BCUT2D eigenvalue weighted by atomic mass is 79.9. The first-order valence-electron chi connectivity index (χ1n) is 7.11. The van der Waals surface area contributed by atoms with Crippen LogP contribution in [0.2, 0.25) is 0 Å². The predicted molar refractivity (Wildman–Crippen MR) is 81.8 cm³/mol. The van der Waals surface area contributed by atoms with Gasteiger partial charge in [0.1, 0.15) is 0 Å². The number of rotatable bonds is 9. The highest BCUT2D eigenvalue weighted by Gasteiger charge is 2.08. The Hall–Kier alpha value is -0.340. The monoisotopic (exact) mass is 312 g/mol. The lowest BCUT2D eigenvalue weighted by Gasteiger charge is -2.14. The molecule has 0 heterocycles. The Morgan fingerprint density at radius 2 is 1.72 bits per heavy atom. The van der Waals surface area contributed by atoms with E-state index in [2.05, 4.69) is 47.1 Å². The summed E-state index contributed by atoms with van der Waals surface area (Å²) in [5.41, 5.74) is 1.32. The molecule has 0 aromatic heterocycles. The molecule has 0 aliphatic carbocycles. The zero-order valence-corrected chi connectivity index (χ0v) is 13.0. The Balaban J connectivity index is 2.26. The van der Waals surface area contributed by atoms with E-state index in [4.69, 9.17) is 0 Å². The lowest BCUT2D eigenvalue weighted by atomic mass is 9.94. The number of halogens is 1. The van der Waals surface area contributed by atoms with Gasteiger partial charge in [-0.15, -0.1) is 0 Å². The van der Waals surface area contributed by atoms with Gasteiger partial charge in [0.25, 0.3) is 0 Å². The lowest BCUT2D eigenvalue weighted by molar-refractivity contribution is 0.214. The largest absolute Gasteiger partial charge is 0.396 e. The lowest BCUT2D eigenvalue weighted by Crippen LogP contribution is -2.09. The molecule has 0 fully saturated rings. The van der Waals surface area contributed by atoms with Crippen molar-refractivity contribution in [2.45, 2.75) is 51.9 Å². The molecule has 0 aliphatic heterocycles. The fourth-order valence-electron chi connectivity index (χ4n) is 2.25. The Labute approximate surface area is 120 Å². The molecule has 2 heteroatoms. The van der Waals surface area contributed by atoms with E-state index in [1.54, 1.807) is 0 Å². The molecule has 1 atom stereocenters. The van der Waals surface area contributed by atoms with Crippen molar-refractivity contribution < 1.29 is 5.11 Å². The summed E-state index contributed by atoms with van der Waals surface area (Å²) >= 11 is 3.45. The molecule has 1 N–H and O–H groups in total. The van der Waals surface area contributed by atoms with Crippen molar-refractivity contribution in [1.29, 1.82) is 0 Å².